The van der Waals surface area contributed by atoms with Crippen LogP contribution in [0.15, 0.2) is 0 Å². The fourth-order valence-corrected chi connectivity index (χ4v) is 2.64. The van der Waals surface area contributed by atoms with E-state index >= 15 is 0 Å². The van der Waals surface area contributed by atoms with Gasteiger partial charge in [-0.2, -0.15) is 11.8 Å². The molecule has 0 aromatic heterocycles. The molecule has 0 aliphatic carbocycles. The molecule has 2 atom stereocenters. The van der Waals surface area contributed by atoms with E-state index < -0.39 is 0 Å². The molecule has 72 valence electrons. The standard InChI is InChI=1S/C9H20N2S/c1-4-12-7-8-5-10-6-9(8)11(2)3/h8-10H,4-7H2,1-3H3. The van der Waals surface area contributed by atoms with E-state index in [1.54, 1.807) is 0 Å². The Labute approximate surface area is 80.1 Å². The zero-order valence-corrected chi connectivity index (χ0v) is 9.16. The zero-order chi connectivity index (χ0) is 8.97. The topological polar surface area (TPSA) is 15.3 Å². The fraction of sp³-hybridized carbons (Fsp3) is 1.00. The first kappa shape index (κ1) is 10.4. The van der Waals surface area contributed by atoms with Crippen LogP contribution in [0.5, 0.6) is 0 Å². The molecule has 2 unspecified atom stereocenters. The van der Waals surface area contributed by atoms with E-state index in [0.29, 0.717) is 0 Å². The van der Waals surface area contributed by atoms with Gasteiger partial charge in [0.05, 0.1) is 0 Å². The lowest BCUT2D eigenvalue weighted by Crippen LogP contribution is -2.35. The van der Waals surface area contributed by atoms with Crippen LogP contribution in [0, 0.1) is 5.92 Å². The van der Waals surface area contributed by atoms with Gasteiger partial charge in [0.15, 0.2) is 0 Å². The smallest absolute Gasteiger partial charge is 0.0262 e. The van der Waals surface area contributed by atoms with E-state index in [0.717, 1.165) is 12.0 Å². The maximum Gasteiger partial charge on any atom is 0.0262 e. The van der Waals surface area contributed by atoms with E-state index in [4.69, 9.17) is 0 Å². The van der Waals surface area contributed by atoms with Gasteiger partial charge in [0.2, 0.25) is 0 Å². The molecule has 1 rings (SSSR count). The summed E-state index contributed by atoms with van der Waals surface area (Å²) in [5.74, 6) is 3.41. The maximum absolute atomic E-state index is 3.46. The summed E-state index contributed by atoms with van der Waals surface area (Å²) in [4.78, 5) is 2.35. The fourth-order valence-electron chi connectivity index (χ4n) is 1.76. The number of hydrogen-bond donors (Lipinski definition) is 1. The number of thioether (sulfide) groups is 1. The molecular weight excluding hydrogens is 168 g/mol. The number of nitrogens with zero attached hydrogens (tertiary/aromatic N) is 1. The van der Waals surface area contributed by atoms with Gasteiger partial charge in [-0.15, -0.1) is 0 Å². The van der Waals surface area contributed by atoms with Crippen LogP contribution < -0.4 is 5.32 Å². The summed E-state index contributed by atoms with van der Waals surface area (Å²) < 4.78 is 0. The van der Waals surface area contributed by atoms with Crippen molar-refractivity contribution in [2.45, 2.75) is 13.0 Å². The van der Waals surface area contributed by atoms with Crippen LogP contribution in [-0.4, -0.2) is 49.6 Å². The monoisotopic (exact) mass is 188 g/mol. The third kappa shape index (κ3) is 2.64. The molecule has 0 bridgehead atoms. The summed E-state index contributed by atoms with van der Waals surface area (Å²) in [5.41, 5.74) is 0. The predicted molar refractivity (Wildman–Crippen MR) is 56.8 cm³/mol. The van der Waals surface area contributed by atoms with Crippen molar-refractivity contribution < 1.29 is 0 Å². The third-order valence-corrected chi connectivity index (χ3v) is 3.58. The van der Waals surface area contributed by atoms with Crippen molar-refractivity contribution in [1.82, 2.24) is 10.2 Å². The maximum atomic E-state index is 3.46. The minimum Gasteiger partial charge on any atom is -0.315 e. The SMILES string of the molecule is CCSCC1CNCC1N(C)C. The largest absolute Gasteiger partial charge is 0.315 e. The Morgan fingerprint density at radius 3 is 2.75 bits per heavy atom. The number of hydrogen-bond acceptors (Lipinski definition) is 3. The van der Waals surface area contributed by atoms with Gasteiger partial charge in [0.1, 0.15) is 0 Å². The third-order valence-electron chi connectivity index (χ3n) is 2.50. The molecule has 0 amide bonds. The molecule has 3 heteroatoms. The van der Waals surface area contributed by atoms with E-state index in [9.17, 15) is 0 Å². The molecule has 1 fully saturated rings. The van der Waals surface area contributed by atoms with Crippen molar-refractivity contribution in [3.63, 3.8) is 0 Å². The summed E-state index contributed by atoms with van der Waals surface area (Å²) in [6.45, 7) is 4.61. The van der Waals surface area contributed by atoms with Gasteiger partial charge in [-0.05, 0) is 31.5 Å². The van der Waals surface area contributed by atoms with Gasteiger partial charge in [0, 0.05) is 19.1 Å². The summed E-state index contributed by atoms with van der Waals surface area (Å²) >= 11 is 2.06. The second-order valence-electron chi connectivity index (χ2n) is 3.61. The van der Waals surface area contributed by atoms with Crippen LogP contribution in [-0.2, 0) is 0 Å². The van der Waals surface area contributed by atoms with E-state index in [1.807, 2.05) is 0 Å². The average molecular weight is 188 g/mol. The van der Waals surface area contributed by atoms with E-state index in [1.165, 1.54) is 24.6 Å². The van der Waals surface area contributed by atoms with Gasteiger partial charge in [0.25, 0.3) is 0 Å². The van der Waals surface area contributed by atoms with Gasteiger partial charge >= 0.3 is 0 Å². The van der Waals surface area contributed by atoms with Gasteiger partial charge in [-0.25, -0.2) is 0 Å². The number of rotatable bonds is 4. The second kappa shape index (κ2) is 5.10. The van der Waals surface area contributed by atoms with Crippen LogP contribution in [0.4, 0.5) is 0 Å². The molecule has 1 heterocycles. The lowest BCUT2D eigenvalue weighted by atomic mass is 10.1. The molecule has 0 saturated carbocycles. The van der Waals surface area contributed by atoms with Crippen LogP contribution in [0.25, 0.3) is 0 Å². The van der Waals surface area contributed by atoms with Gasteiger partial charge < -0.3 is 10.2 Å². The van der Waals surface area contributed by atoms with Crippen molar-refractivity contribution in [2.24, 2.45) is 5.92 Å². The minimum absolute atomic E-state index is 0.754. The highest BCUT2D eigenvalue weighted by molar-refractivity contribution is 7.99. The Hall–Kier alpha value is 0.270. The Kier molecular flexibility index (Phi) is 4.40. The molecule has 1 saturated heterocycles. The van der Waals surface area contributed by atoms with Gasteiger partial charge in [-0.1, -0.05) is 6.92 Å². The normalized spacial score (nSPS) is 30.0. The second-order valence-corrected chi connectivity index (χ2v) is 4.93. The Morgan fingerprint density at radius 2 is 2.17 bits per heavy atom. The first-order chi connectivity index (χ1) is 5.75. The lowest BCUT2D eigenvalue weighted by molar-refractivity contribution is 0.268. The van der Waals surface area contributed by atoms with E-state index in [-0.39, 0.29) is 0 Å². The minimum atomic E-state index is 0.754. The summed E-state index contributed by atoms with van der Waals surface area (Å²) in [5, 5.41) is 3.46. The Bertz CT molecular complexity index is 128. The lowest BCUT2D eigenvalue weighted by Gasteiger charge is -2.24. The molecule has 12 heavy (non-hydrogen) atoms. The quantitative estimate of drug-likeness (QED) is 0.705. The summed E-state index contributed by atoms with van der Waals surface area (Å²) in [6.07, 6.45) is 0. The Morgan fingerprint density at radius 1 is 1.42 bits per heavy atom. The van der Waals surface area contributed by atoms with Crippen molar-refractivity contribution >= 4 is 11.8 Å². The molecule has 1 N–H and O–H groups in total. The van der Waals surface area contributed by atoms with Crippen molar-refractivity contribution in [3.8, 4) is 0 Å². The van der Waals surface area contributed by atoms with Crippen molar-refractivity contribution in [1.29, 1.82) is 0 Å². The molecule has 0 radical (unpaired) electrons. The first-order valence-electron chi connectivity index (χ1n) is 4.70. The van der Waals surface area contributed by atoms with E-state index in [2.05, 4.69) is 43.0 Å². The summed E-state index contributed by atoms with van der Waals surface area (Å²) in [6, 6.07) is 0.754. The highest BCUT2D eigenvalue weighted by Crippen LogP contribution is 2.18. The first-order valence-corrected chi connectivity index (χ1v) is 5.86. The molecule has 2 nitrogen and oxygen atoms in total. The highest BCUT2D eigenvalue weighted by atomic mass is 32.2. The number of nitrogens with one attached hydrogen (secondary N) is 1. The highest BCUT2D eigenvalue weighted by Gasteiger charge is 2.27. The predicted octanol–water partition coefficient (Wildman–Crippen LogP) is 0.889. The molecule has 0 aromatic carbocycles. The van der Waals surface area contributed by atoms with Crippen LogP contribution in [0.1, 0.15) is 6.92 Å². The van der Waals surface area contributed by atoms with Crippen molar-refractivity contribution in [3.05, 3.63) is 0 Å². The zero-order valence-electron chi connectivity index (χ0n) is 8.34. The average Bonchev–Trinajstić information content (AvgIpc) is 2.48. The molecule has 1 aliphatic rings. The molecule has 0 spiro atoms. The molecular formula is C9H20N2S. The Balaban J connectivity index is 2.30. The summed E-state index contributed by atoms with van der Waals surface area (Å²) in [7, 11) is 4.36. The van der Waals surface area contributed by atoms with Crippen molar-refractivity contribution in [2.75, 3.05) is 38.7 Å². The number of likely N-dealkylation sites (N-methyl/N-ethyl adjacent to an activating group) is 1. The molecule has 1 aliphatic heterocycles. The van der Waals surface area contributed by atoms with Crippen LogP contribution in [0.2, 0.25) is 0 Å². The van der Waals surface area contributed by atoms with Crippen LogP contribution >= 0.6 is 11.8 Å². The molecule has 0 aromatic rings. The van der Waals surface area contributed by atoms with Gasteiger partial charge in [-0.3, -0.25) is 0 Å². The van der Waals surface area contributed by atoms with Crippen LogP contribution in [0.3, 0.4) is 0 Å².